The van der Waals surface area contributed by atoms with Crippen molar-refractivity contribution < 1.29 is 9.53 Å². The molecule has 0 spiro atoms. The molecule has 0 bridgehead atoms. The summed E-state index contributed by atoms with van der Waals surface area (Å²) < 4.78 is 5.96. The molecule has 14 heavy (non-hydrogen) atoms. The van der Waals surface area contributed by atoms with E-state index in [9.17, 15) is 4.79 Å². The molecule has 0 N–H and O–H groups in total. The Morgan fingerprint density at radius 1 is 1.64 bits per heavy atom. The molecular formula is C8H13N4O2. The third kappa shape index (κ3) is 2.79. The highest BCUT2D eigenvalue weighted by molar-refractivity contribution is 5.68. The molecule has 0 saturated heterocycles. The number of aryl methyl sites for hydroxylation is 1. The van der Waals surface area contributed by atoms with Crippen LogP contribution in [0.5, 0.6) is 0 Å². The van der Waals surface area contributed by atoms with Gasteiger partial charge in [0.1, 0.15) is 6.54 Å². The van der Waals surface area contributed by atoms with Crippen molar-refractivity contribution in [2.45, 2.75) is 25.8 Å². The molecule has 0 saturated carbocycles. The number of carbonyl (C=O) groups is 1. The third-order valence-electron chi connectivity index (χ3n) is 1.76. The molecule has 1 aromatic heterocycles. The first kappa shape index (κ1) is 10.6. The van der Waals surface area contributed by atoms with Crippen LogP contribution in [0.3, 0.4) is 0 Å². The molecule has 6 nitrogen and oxygen atoms in total. The van der Waals surface area contributed by atoms with E-state index in [4.69, 9.17) is 0 Å². The van der Waals surface area contributed by atoms with E-state index >= 15 is 0 Å². The van der Waals surface area contributed by atoms with Crippen LogP contribution in [0.1, 0.15) is 18.7 Å². The summed E-state index contributed by atoms with van der Waals surface area (Å²) in [6, 6.07) is 0. The quantitative estimate of drug-likeness (QED) is 0.621. The fourth-order valence-corrected chi connectivity index (χ4v) is 0.995. The van der Waals surface area contributed by atoms with Crippen molar-refractivity contribution in [2.75, 3.05) is 7.11 Å². The normalized spacial score (nSPS) is 10.1. The largest absolute Gasteiger partial charge is 0.468 e. The summed E-state index contributed by atoms with van der Waals surface area (Å²) in [5.74, 6) is 0.340. The van der Waals surface area contributed by atoms with Gasteiger partial charge in [-0.2, -0.15) is 0 Å². The van der Waals surface area contributed by atoms with Gasteiger partial charge < -0.3 is 4.74 Å². The van der Waals surface area contributed by atoms with Gasteiger partial charge in [-0.05, 0) is 16.8 Å². The summed E-state index contributed by atoms with van der Waals surface area (Å²) >= 11 is 0. The lowest BCUT2D eigenvalue weighted by atomic mass is 10.2. The van der Waals surface area contributed by atoms with Crippen molar-refractivity contribution >= 4 is 5.97 Å². The number of nitrogens with zero attached hydrogens (tertiary/aromatic N) is 4. The summed E-state index contributed by atoms with van der Waals surface area (Å²) in [4.78, 5) is 11.0. The van der Waals surface area contributed by atoms with E-state index in [2.05, 4.69) is 27.2 Å². The second-order valence-corrected chi connectivity index (χ2v) is 2.79. The Balaban J connectivity index is 2.57. The SMILES string of the molecule is [CH2]CCCc1nnnn1CC(=O)OC. The van der Waals surface area contributed by atoms with Crippen molar-refractivity contribution in [1.29, 1.82) is 0 Å². The van der Waals surface area contributed by atoms with E-state index in [0.29, 0.717) is 5.82 Å². The Bertz CT molecular complexity index is 297. The predicted octanol–water partition coefficient (Wildman–Crippen LogP) is 0.00289. The standard InChI is InChI=1S/C8H13N4O2/c1-3-4-5-7-9-10-11-12(7)6-8(13)14-2/h1,3-6H2,2H3. The first-order valence-electron chi connectivity index (χ1n) is 4.39. The number of aromatic nitrogens is 4. The van der Waals surface area contributed by atoms with Gasteiger partial charge in [0.2, 0.25) is 0 Å². The summed E-state index contributed by atoms with van der Waals surface area (Å²) in [7, 11) is 1.34. The maximum absolute atomic E-state index is 11.0. The Morgan fingerprint density at radius 3 is 3.07 bits per heavy atom. The summed E-state index contributed by atoms with van der Waals surface area (Å²) in [5.41, 5.74) is 0. The minimum Gasteiger partial charge on any atom is -0.468 e. The van der Waals surface area contributed by atoms with Gasteiger partial charge in [-0.15, -0.1) is 5.10 Å². The lowest BCUT2D eigenvalue weighted by Crippen LogP contribution is -2.15. The van der Waals surface area contributed by atoms with Gasteiger partial charge in [0, 0.05) is 6.42 Å². The fraction of sp³-hybridized carbons (Fsp3) is 0.625. The van der Waals surface area contributed by atoms with Gasteiger partial charge in [-0.1, -0.05) is 13.3 Å². The summed E-state index contributed by atoms with van der Waals surface area (Å²) in [6.45, 7) is 3.79. The van der Waals surface area contributed by atoms with Crippen molar-refractivity contribution in [3.63, 3.8) is 0 Å². The molecule has 6 heteroatoms. The lowest BCUT2D eigenvalue weighted by molar-refractivity contribution is -0.141. The number of hydrogen-bond acceptors (Lipinski definition) is 5. The molecule has 1 aromatic rings. The smallest absolute Gasteiger partial charge is 0.327 e. The van der Waals surface area contributed by atoms with E-state index in [1.807, 2.05) is 0 Å². The van der Waals surface area contributed by atoms with Gasteiger partial charge in [-0.25, -0.2) is 4.68 Å². The van der Waals surface area contributed by atoms with Crippen LogP contribution < -0.4 is 0 Å². The molecule has 0 aliphatic carbocycles. The average molecular weight is 197 g/mol. The molecule has 0 atom stereocenters. The van der Waals surface area contributed by atoms with E-state index in [0.717, 1.165) is 19.3 Å². The topological polar surface area (TPSA) is 69.9 Å². The van der Waals surface area contributed by atoms with Crippen LogP contribution >= 0.6 is 0 Å². The van der Waals surface area contributed by atoms with Gasteiger partial charge in [0.25, 0.3) is 0 Å². The monoisotopic (exact) mass is 197 g/mol. The Labute approximate surface area is 82.2 Å². The first-order chi connectivity index (χ1) is 6.77. The Morgan fingerprint density at radius 2 is 2.43 bits per heavy atom. The number of rotatable bonds is 5. The van der Waals surface area contributed by atoms with E-state index in [1.165, 1.54) is 11.8 Å². The molecule has 0 aromatic carbocycles. The van der Waals surface area contributed by atoms with Gasteiger partial charge >= 0.3 is 5.97 Å². The van der Waals surface area contributed by atoms with Crippen LogP contribution in [0.15, 0.2) is 0 Å². The van der Waals surface area contributed by atoms with Crippen molar-refractivity contribution in [2.24, 2.45) is 0 Å². The number of esters is 1. The number of tetrazole rings is 1. The molecule has 1 radical (unpaired) electrons. The molecular weight excluding hydrogens is 184 g/mol. The fourth-order valence-electron chi connectivity index (χ4n) is 0.995. The molecule has 0 unspecified atom stereocenters. The zero-order chi connectivity index (χ0) is 10.4. The van der Waals surface area contributed by atoms with Crippen molar-refractivity contribution in [1.82, 2.24) is 20.2 Å². The van der Waals surface area contributed by atoms with Crippen LogP contribution in [0.2, 0.25) is 0 Å². The minimum atomic E-state index is -0.354. The minimum absolute atomic E-state index is 0.0655. The summed E-state index contributed by atoms with van der Waals surface area (Å²) in [5, 5.41) is 11.0. The van der Waals surface area contributed by atoms with Crippen molar-refractivity contribution in [3.05, 3.63) is 12.7 Å². The molecule has 1 rings (SSSR count). The second-order valence-electron chi connectivity index (χ2n) is 2.79. The molecule has 77 valence electrons. The number of hydrogen-bond donors (Lipinski definition) is 0. The Kier molecular flexibility index (Phi) is 4.03. The van der Waals surface area contributed by atoms with Crippen LogP contribution in [-0.4, -0.2) is 33.3 Å². The lowest BCUT2D eigenvalue weighted by Gasteiger charge is -2.01. The van der Waals surface area contributed by atoms with E-state index in [1.54, 1.807) is 0 Å². The summed E-state index contributed by atoms with van der Waals surface area (Å²) in [6.07, 6.45) is 2.46. The number of carbonyl (C=O) groups excluding carboxylic acids is 1. The van der Waals surface area contributed by atoms with Gasteiger partial charge in [-0.3, -0.25) is 4.79 Å². The predicted molar refractivity (Wildman–Crippen MR) is 48.1 cm³/mol. The highest BCUT2D eigenvalue weighted by atomic mass is 16.5. The molecule has 0 fully saturated rings. The molecule has 0 aliphatic heterocycles. The van der Waals surface area contributed by atoms with Gasteiger partial charge in [0.15, 0.2) is 5.82 Å². The number of ether oxygens (including phenoxy) is 1. The van der Waals surface area contributed by atoms with E-state index < -0.39 is 0 Å². The first-order valence-corrected chi connectivity index (χ1v) is 4.39. The molecule has 0 amide bonds. The highest BCUT2D eigenvalue weighted by Crippen LogP contribution is 1.99. The van der Waals surface area contributed by atoms with Crippen molar-refractivity contribution in [3.8, 4) is 0 Å². The molecule has 0 aliphatic rings. The zero-order valence-electron chi connectivity index (χ0n) is 8.14. The highest BCUT2D eigenvalue weighted by Gasteiger charge is 2.09. The van der Waals surface area contributed by atoms with Crippen LogP contribution in [0, 0.1) is 6.92 Å². The van der Waals surface area contributed by atoms with Crippen LogP contribution in [0.25, 0.3) is 0 Å². The van der Waals surface area contributed by atoms with E-state index in [-0.39, 0.29) is 12.5 Å². The molecule has 1 heterocycles. The maximum atomic E-state index is 11.0. The third-order valence-corrected chi connectivity index (χ3v) is 1.76. The number of unbranched alkanes of at least 4 members (excludes halogenated alkanes) is 1. The average Bonchev–Trinajstić information content (AvgIpc) is 2.62. The van der Waals surface area contributed by atoms with Crippen LogP contribution in [-0.2, 0) is 22.5 Å². The Hall–Kier alpha value is -1.46. The number of methoxy groups -OCH3 is 1. The van der Waals surface area contributed by atoms with Crippen LogP contribution in [0.4, 0.5) is 0 Å². The zero-order valence-corrected chi connectivity index (χ0v) is 8.14. The maximum Gasteiger partial charge on any atom is 0.327 e. The second kappa shape index (κ2) is 5.31. The van der Waals surface area contributed by atoms with Gasteiger partial charge in [0.05, 0.1) is 7.11 Å².